The predicted octanol–water partition coefficient (Wildman–Crippen LogP) is 1.78. The van der Waals surface area contributed by atoms with Gasteiger partial charge in [-0.1, -0.05) is 13.8 Å². The largest absolute Gasteiger partial charge is 0.301 e. The van der Waals surface area contributed by atoms with E-state index in [0.717, 1.165) is 19.1 Å². The lowest BCUT2D eigenvalue weighted by Crippen LogP contribution is -2.53. The van der Waals surface area contributed by atoms with Crippen LogP contribution >= 0.6 is 0 Å². The van der Waals surface area contributed by atoms with Crippen molar-refractivity contribution in [3.63, 3.8) is 0 Å². The highest BCUT2D eigenvalue weighted by Gasteiger charge is 2.53. The van der Waals surface area contributed by atoms with Crippen LogP contribution in [0.2, 0.25) is 0 Å². The molecule has 3 nitrogen and oxygen atoms in total. The van der Waals surface area contributed by atoms with Gasteiger partial charge in [-0.2, -0.15) is 5.11 Å². The third-order valence-corrected chi connectivity index (χ3v) is 2.70. The molecule has 0 aromatic carbocycles. The quantitative estimate of drug-likeness (QED) is 0.461. The Labute approximate surface area is 60.3 Å². The smallest absolute Gasteiger partial charge is 0.150 e. The normalized spacial score (nSPS) is 36.2. The van der Waals surface area contributed by atoms with Gasteiger partial charge in [0.25, 0.3) is 0 Å². The van der Waals surface area contributed by atoms with Crippen LogP contribution < -0.4 is 0 Å². The molecule has 0 aromatic heterocycles. The number of rotatable bonds is 2. The van der Waals surface area contributed by atoms with Crippen LogP contribution in [0.1, 0.15) is 26.7 Å². The Morgan fingerprint density at radius 1 is 1.50 bits per heavy atom. The number of nitrogens with zero attached hydrogens (tertiary/aromatic N) is 1. The molecule has 1 fully saturated rings. The van der Waals surface area contributed by atoms with Gasteiger partial charge in [0.1, 0.15) is 11.8 Å². The summed E-state index contributed by atoms with van der Waals surface area (Å²) in [4.78, 5) is 10.5. The number of hydrogen-bond acceptors (Lipinski definition) is 3. The van der Waals surface area contributed by atoms with Crippen LogP contribution in [0.3, 0.4) is 0 Å². The van der Waals surface area contributed by atoms with Crippen molar-refractivity contribution in [1.82, 2.24) is 0 Å². The van der Waals surface area contributed by atoms with Gasteiger partial charge in [0.15, 0.2) is 0 Å². The molecule has 10 heavy (non-hydrogen) atoms. The van der Waals surface area contributed by atoms with Crippen molar-refractivity contribution < 1.29 is 4.79 Å². The van der Waals surface area contributed by atoms with Gasteiger partial charge in [-0.3, -0.25) is 0 Å². The standard InChI is InChI=1S/C7H12N2O/c1-6(2)3-4-7(6,5-10)9-8/h5,8H,3-4H2,1-2H3. The Hall–Kier alpha value is -0.730. The van der Waals surface area contributed by atoms with E-state index in [4.69, 9.17) is 5.53 Å². The van der Waals surface area contributed by atoms with E-state index in [1.165, 1.54) is 0 Å². The van der Waals surface area contributed by atoms with Gasteiger partial charge in [-0.15, -0.1) is 0 Å². The molecule has 56 valence electrons. The fourth-order valence-corrected chi connectivity index (χ4v) is 1.33. The Kier molecular flexibility index (Phi) is 1.38. The molecule has 1 saturated carbocycles. The lowest BCUT2D eigenvalue weighted by Gasteiger charge is -2.48. The molecule has 0 bridgehead atoms. The molecule has 0 heterocycles. The molecular formula is C7H12N2O. The molecule has 0 aromatic rings. The number of nitrogens with one attached hydrogen (secondary N) is 1. The van der Waals surface area contributed by atoms with E-state index >= 15 is 0 Å². The Balaban J connectivity index is 2.86. The first-order valence-corrected chi connectivity index (χ1v) is 3.43. The summed E-state index contributed by atoms with van der Waals surface area (Å²) in [6.07, 6.45) is 2.55. The zero-order valence-electron chi connectivity index (χ0n) is 6.35. The summed E-state index contributed by atoms with van der Waals surface area (Å²) in [6.45, 7) is 3.95. The van der Waals surface area contributed by atoms with Crippen molar-refractivity contribution in [3.8, 4) is 0 Å². The SMILES string of the molecule is CC1(C)CCC1(C=O)N=N. The van der Waals surface area contributed by atoms with Crippen LogP contribution in [-0.2, 0) is 4.79 Å². The topological polar surface area (TPSA) is 53.3 Å². The highest BCUT2D eigenvalue weighted by Crippen LogP contribution is 2.50. The number of carbonyl (C=O) groups excluding carboxylic acids is 1. The van der Waals surface area contributed by atoms with Crippen molar-refractivity contribution in [3.05, 3.63) is 0 Å². The molecule has 1 N–H and O–H groups in total. The van der Waals surface area contributed by atoms with Gasteiger partial charge in [-0.25, -0.2) is 5.53 Å². The van der Waals surface area contributed by atoms with Crippen LogP contribution in [0.4, 0.5) is 0 Å². The van der Waals surface area contributed by atoms with Crippen LogP contribution in [0.15, 0.2) is 5.11 Å². The highest BCUT2D eigenvalue weighted by molar-refractivity contribution is 5.68. The monoisotopic (exact) mass is 140 g/mol. The fraction of sp³-hybridized carbons (Fsp3) is 0.857. The maximum Gasteiger partial charge on any atom is 0.150 e. The molecule has 1 aliphatic carbocycles. The first-order chi connectivity index (χ1) is 4.58. The first kappa shape index (κ1) is 7.38. The van der Waals surface area contributed by atoms with Crippen LogP contribution in [-0.4, -0.2) is 11.8 Å². The van der Waals surface area contributed by atoms with Crippen molar-refractivity contribution in [2.24, 2.45) is 10.5 Å². The molecule has 0 radical (unpaired) electrons. The third kappa shape index (κ3) is 0.632. The minimum absolute atomic E-state index is 0.0868. The first-order valence-electron chi connectivity index (χ1n) is 3.43. The second-order valence-electron chi connectivity index (χ2n) is 3.54. The predicted molar refractivity (Wildman–Crippen MR) is 37.0 cm³/mol. The van der Waals surface area contributed by atoms with E-state index in [2.05, 4.69) is 5.11 Å². The minimum atomic E-state index is -0.688. The van der Waals surface area contributed by atoms with Crippen molar-refractivity contribution in [1.29, 1.82) is 5.53 Å². The molecule has 1 unspecified atom stereocenters. The third-order valence-electron chi connectivity index (χ3n) is 2.70. The van der Waals surface area contributed by atoms with Gasteiger partial charge >= 0.3 is 0 Å². The fourth-order valence-electron chi connectivity index (χ4n) is 1.33. The second kappa shape index (κ2) is 1.87. The Morgan fingerprint density at radius 2 is 2.10 bits per heavy atom. The lowest BCUT2D eigenvalue weighted by molar-refractivity contribution is -0.122. The molecule has 0 spiro atoms. The molecule has 1 rings (SSSR count). The maximum atomic E-state index is 10.5. The minimum Gasteiger partial charge on any atom is -0.301 e. The molecule has 0 amide bonds. The van der Waals surface area contributed by atoms with Gasteiger partial charge < -0.3 is 4.79 Å². The molecule has 1 atom stereocenters. The average molecular weight is 140 g/mol. The maximum absolute atomic E-state index is 10.5. The van der Waals surface area contributed by atoms with E-state index < -0.39 is 5.54 Å². The van der Waals surface area contributed by atoms with Gasteiger partial charge in [0.2, 0.25) is 0 Å². The summed E-state index contributed by atoms with van der Waals surface area (Å²) in [5.74, 6) is 0. The highest BCUT2D eigenvalue weighted by atomic mass is 16.1. The second-order valence-corrected chi connectivity index (χ2v) is 3.54. The van der Waals surface area contributed by atoms with Gasteiger partial charge in [0, 0.05) is 0 Å². The van der Waals surface area contributed by atoms with Gasteiger partial charge in [-0.05, 0) is 18.3 Å². The molecule has 1 aliphatic rings. The summed E-state index contributed by atoms with van der Waals surface area (Å²) in [6, 6.07) is 0. The zero-order chi connectivity index (χ0) is 7.83. The Morgan fingerprint density at radius 3 is 2.10 bits per heavy atom. The molecular weight excluding hydrogens is 128 g/mol. The number of hydrogen-bond donors (Lipinski definition) is 1. The summed E-state index contributed by atoms with van der Waals surface area (Å²) in [5, 5.41) is 3.38. The molecule has 3 heteroatoms. The molecule has 0 saturated heterocycles. The average Bonchev–Trinajstić information content (AvgIpc) is 1.89. The lowest BCUT2D eigenvalue weighted by atomic mass is 9.58. The van der Waals surface area contributed by atoms with Gasteiger partial charge in [0.05, 0.1) is 0 Å². The van der Waals surface area contributed by atoms with Crippen molar-refractivity contribution in [2.45, 2.75) is 32.2 Å². The number of aldehydes is 1. The van der Waals surface area contributed by atoms with Crippen LogP contribution in [0, 0.1) is 10.9 Å². The summed E-state index contributed by atoms with van der Waals surface area (Å²) in [5.41, 5.74) is 6.08. The van der Waals surface area contributed by atoms with Crippen molar-refractivity contribution >= 4 is 6.29 Å². The van der Waals surface area contributed by atoms with E-state index in [1.807, 2.05) is 13.8 Å². The Bertz CT molecular complexity index is 166. The van der Waals surface area contributed by atoms with E-state index in [-0.39, 0.29) is 5.41 Å². The van der Waals surface area contributed by atoms with Crippen molar-refractivity contribution in [2.75, 3.05) is 0 Å². The zero-order valence-corrected chi connectivity index (χ0v) is 6.35. The summed E-state index contributed by atoms with van der Waals surface area (Å²) >= 11 is 0. The number of carbonyl (C=O) groups is 1. The summed E-state index contributed by atoms with van der Waals surface area (Å²) < 4.78 is 0. The van der Waals surface area contributed by atoms with Crippen LogP contribution in [0.5, 0.6) is 0 Å². The van der Waals surface area contributed by atoms with Crippen LogP contribution in [0.25, 0.3) is 0 Å². The molecule has 0 aliphatic heterocycles. The van der Waals surface area contributed by atoms with E-state index in [1.54, 1.807) is 0 Å². The van der Waals surface area contributed by atoms with E-state index in [9.17, 15) is 4.79 Å². The summed E-state index contributed by atoms with van der Waals surface area (Å²) in [7, 11) is 0. The van der Waals surface area contributed by atoms with E-state index in [0.29, 0.717) is 0 Å².